The zero-order chi connectivity index (χ0) is 14.5. The van der Waals surface area contributed by atoms with Crippen molar-refractivity contribution < 1.29 is 14.6 Å². The van der Waals surface area contributed by atoms with Gasteiger partial charge in [0.25, 0.3) is 0 Å². The Morgan fingerprint density at radius 3 is 3.05 bits per heavy atom. The number of carbonyl (C=O) groups excluding carboxylic acids is 1. The van der Waals surface area contributed by atoms with Gasteiger partial charge in [-0.1, -0.05) is 22.4 Å². The normalized spacial score (nSPS) is 19.8. The smallest absolute Gasteiger partial charge is 0.323 e. The quantitative estimate of drug-likeness (QED) is 0.855. The Kier molecular flexibility index (Phi) is 5.43. The van der Waals surface area contributed by atoms with Gasteiger partial charge in [-0.05, 0) is 44.5 Å². The molecule has 1 atom stereocenters. The molecule has 1 aromatic rings. The molecule has 1 N–H and O–H groups in total. The Bertz CT molecular complexity index is 478. The summed E-state index contributed by atoms with van der Waals surface area (Å²) in [5.41, 5.74) is 0.829. The van der Waals surface area contributed by atoms with E-state index in [4.69, 9.17) is 4.74 Å². The van der Waals surface area contributed by atoms with Crippen LogP contribution in [0.15, 0.2) is 22.7 Å². The Hall–Kier alpha value is -1.07. The van der Waals surface area contributed by atoms with Gasteiger partial charge in [0.2, 0.25) is 0 Å². The van der Waals surface area contributed by atoms with E-state index < -0.39 is 0 Å². The molecule has 1 unspecified atom stereocenters. The average molecular weight is 342 g/mol. The first-order valence-electron chi connectivity index (χ1n) is 7.00. The number of hydrogen-bond acceptors (Lipinski definition) is 4. The molecular weight excluding hydrogens is 322 g/mol. The van der Waals surface area contributed by atoms with Crippen LogP contribution in [0.25, 0.3) is 0 Å². The number of benzene rings is 1. The highest BCUT2D eigenvalue weighted by molar-refractivity contribution is 9.10. The van der Waals surface area contributed by atoms with Crippen LogP contribution in [0.1, 0.15) is 31.7 Å². The molecule has 5 heteroatoms. The molecule has 110 valence electrons. The maximum Gasteiger partial charge on any atom is 0.323 e. The number of phenols is 1. The van der Waals surface area contributed by atoms with Crippen molar-refractivity contribution >= 4 is 21.9 Å². The lowest BCUT2D eigenvalue weighted by molar-refractivity contribution is -0.151. The molecule has 0 aromatic heterocycles. The van der Waals surface area contributed by atoms with Crippen molar-refractivity contribution in [2.45, 2.75) is 38.8 Å². The van der Waals surface area contributed by atoms with E-state index in [1.54, 1.807) is 12.1 Å². The maximum absolute atomic E-state index is 12.0. The molecule has 2 rings (SSSR count). The summed E-state index contributed by atoms with van der Waals surface area (Å²) in [4.78, 5) is 14.1. The van der Waals surface area contributed by atoms with Gasteiger partial charge in [-0.2, -0.15) is 0 Å². The second kappa shape index (κ2) is 7.09. The molecule has 1 fully saturated rings. The van der Waals surface area contributed by atoms with Crippen LogP contribution in [0.4, 0.5) is 0 Å². The fourth-order valence-electron chi connectivity index (χ4n) is 2.59. The van der Waals surface area contributed by atoms with Crippen molar-refractivity contribution in [2.24, 2.45) is 0 Å². The van der Waals surface area contributed by atoms with E-state index in [1.165, 1.54) is 0 Å². The predicted octanol–water partition coefficient (Wildman–Crippen LogP) is 3.07. The molecular formula is C15H20BrNO3. The number of piperidine rings is 1. The summed E-state index contributed by atoms with van der Waals surface area (Å²) in [6, 6.07) is 5.18. The highest BCUT2D eigenvalue weighted by atomic mass is 79.9. The molecule has 0 amide bonds. The number of esters is 1. The summed E-state index contributed by atoms with van der Waals surface area (Å²) in [5.74, 6) is 0.114. The van der Waals surface area contributed by atoms with Gasteiger partial charge < -0.3 is 9.84 Å². The number of rotatable bonds is 4. The number of ether oxygens (including phenoxy) is 1. The fraction of sp³-hybridized carbons (Fsp3) is 0.533. The first-order chi connectivity index (χ1) is 9.61. The van der Waals surface area contributed by atoms with Gasteiger partial charge in [-0.25, -0.2) is 0 Å². The van der Waals surface area contributed by atoms with Gasteiger partial charge in [-0.3, -0.25) is 9.69 Å². The van der Waals surface area contributed by atoms with Gasteiger partial charge in [0.1, 0.15) is 11.8 Å². The standard InChI is InChI=1S/C15H20BrNO3/c1-2-20-15(19)13-5-3-4-8-17(13)10-11-9-12(16)6-7-14(11)18/h6-7,9,13,18H,2-5,8,10H2,1H3. The van der Waals surface area contributed by atoms with Crippen molar-refractivity contribution in [3.63, 3.8) is 0 Å². The van der Waals surface area contributed by atoms with Crippen molar-refractivity contribution in [3.05, 3.63) is 28.2 Å². The minimum Gasteiger partial charge on any atom is -0.508 e. The molecule has 1 heterocycles. The second-order valence-electron chi connectivity index (χ2n) is 5.01. The topological polar surface area (TPSA) is 49.8 Å². The van der Waals surface area contributed by atoms with Gasteiger partial charge in [0.15, 0.2) is 0 Å². The van der Waals surface area contributed by atoms with Gasteiger partial charge in [-0.15, -0.1) is 0 Å². The number of phenolic OH excluding ortho intramolecular Hbond substituents is 1. The molecule has 1 aromatic carbocycles. The lowest BCUT2D eigenvalue weighted by atomic mass is 10.0. The lowest BCUT2D eigenvalue weighted by Crippen LogP contribution is -2.44. The number of likely N-dealkylation sites (tertiary alicyclic amines) is 1. The molecule has 1 saturated heterocycles. The highest BCUT2D eigenvalue weighted by Gasteiger charge is 2.30. The number of carbonyl (C=O) groups is 1. The Morgan fingerprint density at radius 2 is 2.30 bits per heavy atom. The number of hydrogen-bond donors (Lipinski definition) is 1. The van der Waals surface area contributed by atoms with E-state index in [0.717, 1.165) is 35.8 Å². The van der Waals surface area contributed by atoms with Crippen LogP contribution in [0.2, 0.25) is 0 Å². The molecule has 1 aliphatic heterocycles. The highest BCUT2D eigenvalue weighted by Crippen LogP contribution is 2.27. The molecule has 0 spiro atoms. The van der Waals surface area contributed by atoms with Crippen LogP contribution < -0.4 is 0 Å². The summed E-state index contributed by atoms with van der Waals surface area (Å²) in [7, 11) is 0. The van der Waals surface area contributed by atoms with Gasteiger partial charge in [0.05, 0.1) is 6.61 Å². The first kappa shape index (κ1) is 15.3. The average Bonchev–Trinajstić information content (AvgIpc) is 2.44. The lowest BCUT2D eigenvalue weighted by Gasteiger charge is -2.34. The maximum atomic E-state index is 12.0. The second-order valence-corrected chi connectivity index (χ2v) is 5.92. The zero-order valence-corrected chi connectivity index (χ0v) is 13.2. The monoisotopic (exact) mass is 341 g/mol. The Labute approximate surface area is 127 Å². The number of aromatic hydroxyl groups is 1. The van der Waals surface area contributed by atoms with Crippen molar-refractivity contribution in [1.29, 1.82) is 0 Å². The van der Waals surface area contributed by atoms with Crippen LogP contribution in [0, 0.1) is 0 Å². The molecule has 1 aliphatic rings. The summed E-state index contributed by atoms with van der Waals surface area (Å²) in [6.07, 6.45) is 2.95. The van der Waals surface area contributed by atoms with Gasteiger partial charge >= 0.3 is 5.97 Å². The fourth-order valence-corrected chi connectivity index (χ4v) is 2.99. The van der Waals surface area contributed by atoms with Crippen LogP contribution in [0.5, 0.6) is 5.75 Å². The molecule has 0 radical (unpaired) electrons. The number of halogens is 1. The van der Waals surface area contributed by atoms with Gasteiger partial charge in [0, 0.05) is 16.6 Å². The van der Waals surface area contributed by atoms with E-state index in [9.17, 15) is 9.90 Å². The molecule has 4 nitrogen and oxygen atoms in total. The first-order valence-corrected chi connectivity index (χ1v) is 7.79. The van der Waals surface area contributed by atoms with E-state index in [0.29, 0.717) is 13.2 Å². The van der Waals surface area contributed by atoms with Crippen molar-refractivity contribution in [2.75, 3.05) is 13.2 Å². The number of nitrogens with zero attached hydrogens (tertiary/aromatic N) is 1. The molecule has 0 bridgehead atoms. The largest absolute Gasteiger partial charge is 0.508 e. The third-order valence-corrected chi connectivity index (χ3v) is 4.08. The Balaban J connectivity index is 2.12. The third kappa shape index (κ3) is 3.73. The van der Waals surface area contributed by atoms with Crippen LogP contribution >= 0.6 is 15.9 Å². The summed E-state index contributed by atoms with van der Waals surface area (Å²) in [6.45, 7) is 3.65. The van der Waals surface area contributed by atoms with Crippen molar-refractivity contribution in [3.8, 4) is 5.75 Å². The summed E-state index contributed by atoms with van der Waals surface area (Å²) in [5, 5.41) is 9.93. The minimum atomic E-state index is -0.193. The predicted molar refractivity (Wildman–Crippen MR) is 80.5 cm³/mol. The van der Waals surface area contributed by atoms with E-state index in [1.807, 2.05) is 13.0 Å². The minimum absolute atomic E-state index is 0.151. The summed E-state index contributed by atoms with van der Waals surface area (Å²) < 4.78 is 6.08. The zero-order valence-electron chi connectivity index (χ0n) is 11.6. The third-order valence-electron chi connectivity index (χ3n) is 3.59. The Morgan fingerprint density at radius 1 is 1.50 bits per heavy atom. The van der Waals surface area contributed by atoms with Crippen LogP contribution in [-0.2, 0) is 16.1 Å². The van der Waals surface area contributed by atoms with Crippen LogP contribution in [-0.4, -0.2) is 35.2 Å². The van der Waals surface area contributed by atoms with E-state index in [2.05, 4.69) is 20.8 Å². The van der Waals surface area contributed by atoms with Crippen LogP contribution in [0.3, 0.4) is 0 Å². The molecule has 0 aliphatic carbocycles. The van der Waals surface area contributed by atoms with E-state index >= 15 is 0 Å². The van der Waals surface area contributed by atoms with Crippen molar-refractivity contribution in [1.82, 2.24) is 4.90 Å². The van der Waals surface area contributed by atoms with E-state index in [-0.39, 0.29) is 17.8 Å². The molecule has 20 heavy (non-hydrogen) atoms. The molecule has 0 saturated carbocycles. The summed E-state index contributed by atoms with van der Waals surface area (Å²) >= 11 is 3.41. The SMILES string of the molecule is CCOC(=O)C1CCCCN1Cc1cc(Br)ccc1O.